The fourth-order valence-electron chi connectivity index (χ4n) is 1.88. The molecular weight excluding hydrogens is 198 g/mol. The van der Waals surface area contributed by atoms with Gasteiger partial charge in [0.15, 0.2) is 0 Å². The van der Waals surface area contributed by atoms with Crippen LogP contribution in [0.25, 0.3) is 0 Å². The van der Waals surface area contributed by atoms with Crippen LogP contribution in [0, 0.1) is 11.8 Å². The molecule has 5 heteroatoms. The van der Waals surface area contributed by atoms with Crippen LogP contribution in [0.2, 0.25) is 0 Å². The Morgan fingerprint density at radius 1 is 1.20 bits per heavy atom. The maximum Gasteiger partial charge on any atom is 0.323 e. The molecule has 0 aromatic rings. The molecule has 1 aliphatic rings. The van der Waals surface area contributed by atoms with E-state index in [9.17, 15) is 9.59 Å². The van der Waals surface area contributed by atoms with Gasteiger partial charge in [0.2, 0.25) is 0 Å². The highest BCUT2D eigenvalue weighted by molar-refractivity contribution is 5.84. The number of nitrogens with one attached hydrogen (secondary N) is 1. The first-order chi connectivity index (χ1) is 7.10. The molecule has 15 heavy (non-hydrogen) atoms. The number of ether oxygens (including phenoxy) is 2. The monoisotopic (exact) mass is 215 g/mol. The van der Waals surface area contributed by atoms with Gasteiger partial charge in [-0.1, -0.05) is 6.92 Å². The molecule has 0 aromatic heterocycles. The smallest absolute Gasteiger partial charge is 0.323 e. The first kappa shape index (κ1) is 12.0. The zero-order valence-corrected chi connectivity index (χ0v) is 9.28. The highest BCUT2D eigenvalue weighted by Crippen LogP contribution is 2.22. The van der Waals surface area contributed by atoms with Crippen LogP contribution in [0.3, 0.4) is 0 Å². The van der Waals surface area contributed by atoms with Crippen molar-refractivity contribution in [3.8, 4) is 0 Å². The molecule has 1 heterocycles. The van der Waals surface area contributed by atoms with Gasteiger partial charge in [-0.3, -0.25) is 9.59 Å². The lowest BCUT2D eigenvalue weighted by Gasteiger charge is -2.32. The van der Waals surface area contributed by atoms with Crippen molar-refractivity contribution in [2.45, 2.75) is 19.4 Å². The number of methoxy groups -OCH3 is 2. The third-order valence-electron chi connectivity index (χ3n) is 2.70. The van der Waals surface area contributed by atoms with Crippen molar-refractivity contribution in [3.63, 3.8) is 0 Å². The Morgan fingerprint density at radius 3 is 2.33 bits per heavy atom. The molecule has 0 spiro atoms. The van der Waals surface area contributed by atoms with Gasteiger partial charge in [-0.05, 0) is 18.9 Å². The van der Waals surface area contributed by atoms with E-state index in [-0.39, 0.29) is 5.97 Å². The van der Waals surface area contributed by atoms with Crippen LogP contribution >= 0.6 is 0 Å². The number of hydrogen-bond donors (Lipinski definition) is 1. The maximum atomic E-state index is 11.5. The Balaban J connectivity index is 2.74. The second kappa shape index (κ2) is 5.11. The Kier molecular flexibility index (Phi) is 4.08. The summed E-state index contributed by atoms with van der Waals surface area (Å²) in [5.41, 5.74) is 0. The van der Waals surface area contributed by atoms with Crippen molar-refractivity contribution in [2.24, 2.45) is 11.8 Å². The summed E-state index contributed by atoms with van der Waals surface area (Å²) < 4.78 is 9.32. The number of piperidine rings is 1. The number of rotatable bonds is 2. The first-order valence-electron chi connectivity index (χ1n) is 4.99. The lowest BCUT2D eigenvalue weighted by molar-refractivity contribution is -0.156. The maximum absolute atomic E-state index is 11.5. The Morgan fingerprint density at radius 2 is 1.80 bits per heavy atom. The second-order valence-electron chi connectivity index (χ2n) is 3.88. The molecule has 0 radical (unpaired) electrons. The highest BCUT2D eigenvalue weighted by Gasteiger charge is 2.39. The van der Waals surface area contributed by atoms with Gasteiger partial charge >= 0.3 is 11.9 Å². The fraction of sp³-hybridized carbons (Fsp3) is 0.800. The number of esters is 2. The van der Waals surface area contributed by atoms with E-state index in [2.05, 4.69) is 14.8 Å². The minimum Gasteiger partial charge on any atom is -0.469 e. The molecule has 0 unspecified atom stereocenters. The molecule has 3 atom stereocenters. The quantitative estimate of drug-likeness (QED) is 0.654. The predicted molar refractivity (Wildman–Crippen MR) is 53.1 cm³/mol. The summed E-state index contributed by atoms with van der Waals surface area (Å²) in [6.45, 7) is 2.74. The van der Waals surface area contributed by atoms with Gasteiger partial charge in [-0.2, -0.15) is 0 Å². The van der Waals surface area contributed by atoms with E-state index in [1.807, 2.05) is 6.92 Å². The average Bonchev–Trinajstić information content (AvgIpc) is 2.26. The van der Waals surface area contributed by atoms with Crippen LogP contribution in [-0.4, -0.2) is 38.7 Å². The molecule has 1 saturated heterocycles. The highest BCUT2D eigenvalue weighted by atomic mass is 16.5. The summed E-state index contributed by atoms with van der Waals surface area (Å²) in [6.07, 6.45) is 0.652. The van der Waals surface area contributed by atoms with Crippen LogP contribution in [-0.2, 0) is 19.1 Å². The SMILES string of the molecule is COC(=O)[C@H]1NC[C@@H](C)C[C@H]1C(=O)OC. The number of hydrogen-bond acceptors (Lipinski definition) is 5. The molecule has 1 aliphatic heterocycles. The Bertz CT molecular complexity index is 254. The normalized spacial score (nSPS) is 30.7. The van der Waals surface area contributed by atoms with Gasteiger partial charge in [-0.15, -0.1) is 0 Å². The minimum absolute atomic E-state index is 0.356. The molecule has 0 amide bonds. The molecule has 86 valence electrons. The zero-order chi connectivity index (χ0) is 11.4. The van der Waals surface area contributed by atoms with E-state index in [0.717, 1.165) is 0 Å². The van der Waals surface area contributed by atoms with E-state index in [0.29, 0.717) is 18.9 Å². The van der Waals surface area contributed by atoms with E-state index in [4.69, 9.17) is 0 Å². The molecule has 0 aliphatic carbocycles. The summed E-state index contributed by atoms with van der Waals surface area (Å²) >= 11 is 0. The Labute approximate surface area is 89.1 Å². The summed E-state index contributed by atoms with van der Waals surface area (Å²) in [5, 5.41) is 3.01. The lowest BCUT2D eigenvalue weighted by Crippen LogP contribution is -2.52. The molecule has 0 saturated carbocycles. The van der Waals surface area contributed by atoms with Gasteiger partial charge in [0.05, 0.1) is 20.1 Å². The lowest BCUT2D eigenvalue weighted by atomic mass is 9.85. The molecule has 5 nitrogen and oxygen atoms in total. The molecule has 1 fully saturated rings. The molecular formula is C10H17NO4. The van der Waals surface area contributed by atoms with Crippen molar-refractivity contribution in [1.29, 1.82) is 0 Å². The van der Waals surface area contributed by atoms with Crippen molar-refractivity contribution < 1.29 is 19.1 Å². The summed E-state index contributed by atoms with van der Waals surface area (Å²) in [6, 6.07) is -0.571. The molecule has 0 aromatic carbocycles. The van der Waals surface area contributed by atoms with E-state index in [1.54, 1.807) is 0 Å². The zero-order valence-electron chi connectivity index (χ0n) is 9.28. The fourth-order valence-corrected chi connectivity index (χ4v) is 1.88. The van der Waals surface area contributed by atoms with Crippen molar-refractivity contribution in [3.05, 3.63) is 0 Å². The second-order valence-corrected chi connectivity index (χ2v) is 3.88. The first-order valence-corrected chi connectivity index (χ1v) is 4.99. The summed E-state index contributed by atoms with van der Waals surface area (Å²) in [5.74, 6) is -0.844. The summed E-state index contributed by atoms with van der Waals surface area (Å²) in [4.78, 5) is 22.9. The van der Waals surface area contributed by atoms with Crippen molar-refractivity contribution >= 4 is 11.9 Å². The van der Waals surface area contributed by atoms with E-state index >= 15 is 0 Å². The predicted octanol–water partition coefficient (Wildman–Crippen LogP) is -0.0534. The van der Waals surface area contributed by atoms with Crippen molar-refractivity contribution in [2.75, 3.05) is 20.8 Å². The topological polar surface area (TPSA) is 64.6 Å². The average molecular weight is 215 g/mol. The van der Waals surface area contributed by atoms with Gasteiger partial charge in [0.25, 0.3) is 0 Å². The molecule has 0 bridgehead atoms. The largest absolute Gasteiger partial charge is 0.469 e. The third kappa shape index (κ3) is 2.68. The van der Waals surface area contributed by atoms with E-state index in [1.165, 1.54) is 14.2 Å². The van der Waals surface area contributed by atoms with Crippen LogP contribution < -0.4 is 5.32 Å². The standard InChI is InChI=1S/C10H17NO4/c1-6-4-7(9(12)14-2)8(11-5-6)10(13)15-3/h6-8,11H,4-5H2,1-3H3/t6-,7+,8-/m0/s1. The van der Waals surface area contributed by atoms with Gasteiger partial charge in [-0.25, -0.2) is 0 Å². The minimum atomic E-state index is -0.571. The van der Waals surface area contributed by atoms with Gasteiger partial charge < -0.3 is 14.8 Å². The van der Waals surface area contributed by atoms with Gasteiger partial charge in [0.1, 0.15) is 6.04 Å². The van der Waals surface area contributed by atoms with E-state index < -0.39 is 17.9 Å². The molecule has 1 rings (SSSR count). The number of carbonyl (C=O) groups is 2. The van der Waals surface area contributed by atoms with Crippen LogP contribution in [0.4, 0.5) is 0 Å². The summed E-state index contributed by atoms with van der Waals surface area (Å²) in [7, 11) is 2.65. The third-order valence-corrected chi connectivity index (χ3v) is 2.70. The van der Waals surface area contributed by atoms with Crippen LogP contribution in [0.15, 0.2) is 0 Å². The number of carbonyl (C=O) groups excluding carboxylic acids is 2. The van der Waals surface area contributed by atoms with Crippen LogP contribution in [0.5, 0.6) is 0 Å². The van der Waals surface area contributed by atoms with Crippen LogP contribution in [0.1, 0.15) is 13.3 Å². The van der Waals surface area contributed by atoms with Gasteiger partial charge in [0, 0.05) is 0 Å². The molecule has 1 N–H and O–H groups in total. The Hall–Kier alpha value is -1.10. The van der Waals surface area contributed by atoms with Crippen molar-refractivity contribution in [1.82, 2.24) is 5.32 Å².